The van der Waals surface area contributed by atoms with E-state index in [0.29, 0.717) is 0 Å². The summed E-state index contributed by atoms with van der Waals surface area (Å²) in [6.07, 6.45) is 10.9. The van der Waals surface area contributed by atoms with Gasteiger partial charge in [-0.1, -0.05) is 45.4 Å². The van der Waals surface area contributed by atoms with Crippen LogP contribution in [-0.2, 0) is 7.05 Å². The van der Waals surface area contributed by atoms with Gasteiger partial charge in [0, 0.05) is 19.3 Å². The van der Waals surface area contributed by atoms with Gasteiger partial charge in [-0.3, -0.25) is 4.68 Å². The Kier molecular flexibility index (Phi) is 6.16. The smallest absolute Gasteiger partial charge is 0.0791 e. The van der Waals surface area contributed by atoms with E-state index in [4.69, 9.17) is 5.73 Å². The van der Waals surface area contributed by atoms with Crippen LogP contribution in [0.2, 0.25) is 0 Å². The first kappa shape index (κ1) is 13.2. The second kappa shape index (κ2) is 7.44. The number of unbranched alkanes of at least 4 members (excludes halogenated alkanes) is 5. The van der Waals surface area contributed by atoms with Crippen LogP contribution in [0.4, 0.5) is 0 Å². The SMILES string of the molecule is CCCCCCCCC(N)c1ccn(C)n1. The van der Waals surface area contributed by atoms with Crippen molar-refractivity contribution in [2.75, 3.05) is 0 Å². The van der Waals surface area contributed by atoms with Crippen LogP contribution in [-0.4, -0.2) is 9.78 Å². The molecule has 16 heavy (non-hydrogen) atoms. The van der Waals surface area contributed by atoms with E-state index in [1.165, 1.54) is 38.5 Å². The van der Waals surface area contributed by atoms with Crippen molar-refractivity contribution in [2.45, 2.75) is 57.9 Å². The monoisotopic (exact) mass is 223 g/mol. The molecule has 2 N–H and O–H groups in total. The molecule has 1 rings (SSSR count). The Bertz CT molecular complexity index is 280. The lowest BCUT2D eigenvalue weighted by atomic mass is 10.0. The average Bonchev–Trinajstić information content (AvgIpc) is 2.70. The molecule has 3 heteroatoms. The summed E-state index contributed by atoms with van der Waals surface area (Å²) in [7, 11) is 1.93. The Hall–Kier alpha value is -0.830. The Morgan fingerprint density at radius 2 is 1.94 bits per heavy atom. The zero-order valence-corrected chi connectivity index (χ0v) is 10.7. The van der Waals surface area contributed by atoms with Crippen molar-refractivity contribution in [2.24, 2.45) is 12.8 Å². The lowest BCUT2D eigenvalue weighted by Crippen LogP contribution is -2.11. The highest BCUT2D eigenvalue weighted by Gasteiger charge is 2.07. The first-order valence-corrected chi connectivity index (χ1v) is 6.49. The standard InChI is InChI=1S/C13H25N3/c1-3-4-5-6-7-8-9-12(14)13-10-11-16(2)15-13/h10-12H,3-9,14H2,1-2H3. The molecule has 0 saturated heterocycles. The van der Waals surface area contributed by atoms with Gasteiger partial charge >= 0.3 is 0 Å². The largest absolute Gasteiger partial charge is 0.323 e. The Balaban J connectivity index is 2.09. The first-order chi connectivity index (χ1) is 7.74. The zero-order chi connectivity index (χ0) is 11.8. The van der Waals surface area contributed by atoms with E-state index >= 15 is 0 Å². The minimum Gasteiger partial charge on any atom is -0.323 e. The molecule has 0 aliphatic heterocycles. The molecule has 1 heterocycles. The number of nitrogens with two attached hydrogens (primary N) is 1. The number of aromatic nitrogens is 2. The van der Waals surface area contributed by atoms with Gasteiger partial charge in [-0.2, -0.15) is 5.10 Å². The number of aryl methyl sites for hydroxylation is 1. The van der Waals surface area contributed by atoms with Crippen LogP contribution >= 0.6 is 0 Å². The lowest BCUT2D eigenvalue weighted by Gasteiger charge is -2.08. The molecule has 3 nitrogen and oxygen atoms in total. The van der Waals surface area contributed by atoms with Crippen molar-refractivity contribution < 1.29 is 0 Å². The maximum atomic E-state index is 6.07. The van der Waals surface area contributed by atoms with Crippen LogP contribution in [0.1, 0.15) is 63.6 Å². The summed E-state index contributed by atoms with van der Waals surface area (Å²) in [5.74, 6) is 0. The summed E-state index contributed by atoms with van der Waals surface area (Å²) in [5.41, 5.74) is 7.10. The predicted molar refractivity (Wildman–Crippen MR) is 68.1 cm³/mol. The van der Waals surface area contributed by atoms with Crippen molar-refractivity contribution in [1.29, 1.82) is 0 Å². The molecule has 1 aromatic rings. The molecular weight excluding hydrogens is 198 g/mol. The maximum Gasteiger partial charge on any atom is 0.0791 e. The van der Waals surface area contributed by atoms with Crippen molar-refractivity contribution >= 4 is 0 Å². The van der Waals surface area contributed by atoms with Crippen LogP contribution in [0.3, 0.4) is 0 Å². The summed E-state index contributed by atoms with van der Waals surface area (Å²) in [6.45, 7) is 2.25. The Morgan fingerprint density at radius 1 is 1.25 bits per heavy atom. The van der Waals surface area contributed by atoms with Gasteiger partial charge in [-0.05, 0) is 12.5 Å². The van der Waals surface area contributed by atoms with E-state index < -0.39 is 0 Å². The first-order valence-electron chi connectivity index (χ1n) is 6.49. The minimum atomic E-state index is 0.118. The van der Waals surface area contributed by atoms with Gasteiger partial charge in [0.15, 0.2) is 0 Å². The molecule has 0 bridgehead atoms. The molecule has 1 unspecified atom stereocenters. The van der Waals surface area contributed by atoms with Gasteiger partial charge < -0.3 is 5.73 Å². The summed E-state index contributed by atoms with van der Waals surface area (Å²) in [6, 6.07) is 2.13. The molecule has 0 aliphatic rings. The topological polar surface area (TPSA) is 43.8 Å². The van der Waals surface area contributed by atoms with Crippen molar-refractivity contribution in [3.05, 3.63) is 18.0 Å². The fourth-order valence-electron chi connectivity index (χ4n) is 1.92. The average molecular weight is 223 g/mol. The van der Waals surface area contributed by atoms with Crippen LogP contribution in [0.5, 0.6) is 0 Å². The van der Waals surface area contributed by atoms with Crippen molar-refractivity contribution in [3.63, 3.8) is 0 Å². The maximum absolute atomic E-state index is 6.07. The summed E-state index contributed by atoms with van der Waals surface area (Å²) >= 11 is 0. The van der Waals surface area contributed by atoms with Crippen LogP contribution in [0.25, 0.3) is 0 Å². The molecule has 0 saturated carbocycles. The molecule has 0 spiro atoms. The van der Waals surface area contributed by atoms with E-state index in [-0.39, 0.29) is 6.04 Å². The summed E-state index contributed by atoms with van der Waals surface area (Å²) < 4.78 is 1.82. The molecule has 0 amide bonds. The van der Waals surface area contributed by atoms with Gasteiger partial charge in [0.05, 0.1) is 5.69 Å². The number of hydrogen-bond donors (Lipinski definition) is 1. The van der Waals surface area contributed by atoms with Crippen LogP contribution < -0.4 is 5.73 Å². The van der Waals surface area contributed by atoms with E-state index in [9.17, 15) is 0 Å². The molecule has 0 radical (unpaired) electrons. The van der Waals surface area contributed by atoms with Gasteiger partial charge in [0.25, 0.3) is 0 Å². The number of hydrogen-bond acceptors (Lipinski definition) is 2. The molecule has 0 aliphatic carbocycles. The molecule has 0 fully saturated rings. The van der Waals surface area contributed by atoms with E-state index in [1.54, 1.807) is 0 Å². The predicted octanol–water partition coefficient (Wildman–Crippen LogP) is 3.17. The Morgan fingerprint density at radius 3 is 2.56 bits per heavy atom. The number of rotatable bonds is 8. The molecule has 92 valence electrons. The highest BCUT2D eigenvalue weighted by molar-refractivity contribution is 5.04. The quantitative estimate of drug-likeness (QED) is 0.688. The number of nitrogens with zero attached hydrogens (tertiary/aromatic N) is 2. The fraction of sp³-hybridized carbons (Fsp3) is 0.769. The highest BCUT2D eigenvalue weighted by Crippen LogP contribution is 2.16. The fourth-order valence-corrected chi connectivity index (χ4v) is 1.92. The van der Waals surface area contributed by atoms with Gasteiger partial charge in [0.1, 0.15) is 0 Å². The molecule has 0 aromatic carbocycles. The third kappa shape index (κ3) is 4.79. The zero-order valence-electron chi connectivity index (χ0n) is 10.7. The highest BCUT2D eigenvalue weighted by atomic mass is 15.3. The second-order valence-corrected chi connectivity index (χ2v) is 4.58. The molecular formula is C13H25N3. The molecule has 1 atom stereocenters. The summed E-state index contributed by atoms with van der Waals surface area (Å²) in [5, 5.41) is 4.33. The summed E-state index contributed by atoms with van der Waals surface area (Å²) in [4.78, 5) is 0. The van der Waals surface area contributed by atoms with E-state index in [1.807, 2.05) is 24.0 Å². The van der Waals surface area contributed by atoms with Gasteiger partial charge in [-0.15, -0.1) is 0 Å². The normalized spacial score (nSPS) is 12.9. The van der Waals surface area contributed by atoms with Crippen LogP contribution in [0.15, 0.2) is 12.3 Å². The van der Waals surface area contributed by atoms with E-state index in [2.05, 4.69) is 12.0 Å². The van der Waals surface area contributed by atoms with Gasteiger partial charge in [0.2, 0.25) is 0 Å². The third-order valence-corrected chi connectivity index (χ3v) is 2.98. The Labute approximate surface area is 99.0 Å². The lowest BCUT2D eigenvalue weighted by molar-refractivity contribution is 0.536. The molecule has 1 aromatic heterocycles. The van der Waals surface area contributed by atoms with E-state index in [0.717, 1.165) is 12.1 Å². The van der Waals surface area contributed by atoms with Gasteiger partial charge in [-0.25, -0.2) is 0 Å². The minimum absolute atomic E-state index is 0.118. The van der Waals surface area contributed by atoms with Crippen molar-refractivity contribution in [3.8, 4) is 0 Å². The van der Waals surface area contributed by atoms with Crippen molar-refractivity contribution in [1.82, 2.24) is 9.78 Å². The second-order valence-electron chi connectivity index (χ2n) is 4.58. The van der Waals surface area contributed by atoms with Crippen LogP contribution in [0, 0.1) is 0 Å². The third-order valence-electron chi connectivity index (χ3n) is 2.98.